The first-order valence-electron chi connectivity index (χ1n) is 7.97. The Labute approximate surface area is 128 Å². The van der Waals surface area contributed by atoms with Crippen LogP contribution in [0.15, 0.2) is 0 Å². The maximum absolute atomic E-state index is 6.45. The Bertz CT molecular complexity index is 433. The Morgan fingerprint density at radius 2 is 2.00 bits per heavy atom. The van der Waals surface area contributed by atoms with Gasteiger partial charge in [0.05, 0.1) is 16.4 Å². The second-order valence-corrected chi connectivity index (χ2v) is 6.76. The van der Waals surface area contributed by atoms with Crippen LogP contribution in [0.1, 0.15) is 56.8 Å². The van der Waals surface area contributed by atoms with Gasteiger partial charge in [-0.1, -0.05) is 37.8 Å². The minimum absolute atomic E-state index is 0.372. The minimum atomic E-state index is 0.372. The number of nitrogens with one attached hydrogen (secondary N) is 1. The fourth-order valence-electron chi connectivity index (χ4n) is 3.48. The number of hydrogen-bond donors (Lipinski definition) is 1. The molecule has 0 aromatic carbocycles. The SMILES string of the molecule is CCCNCC1(Cc2c(Cl)c(C)nn2C)CCCCC1. The van der Waals surface area contributed by atoms with E-state index >= 15 is 0 Å². The highest BCUT2D eigenvalue weighted by Gasteiger charge is 2.33. The Kier molecular flexibility index (Phi) is 5.50. The van der Waals surface area contributed by atoms with E-state index in [-0.39, 0.29) is 0 Å². The van der Waals surface area contributed by atoms with Crippen LogP contribution in [0.4, 0.5) is 0 Å². The van der Waals surface area contributed by atoms with E-state index in [0.717, 1.165) is 30.2 Å². The van der Waals surface area contributed by atoms with E-state index in [1.165, 1.54) is 44.2 Å². The van der Waals surface area contributed by atoms with E-state index in [1.807, 2.05) is 18.7 Å². The summed E-state index contributed by atoms with van der Waals surface area (Å²) in [5.74, 6) is 0. The molecular weight excluding hydrogens is 270 g/mol. The lowest BCUT2D eigenvalue weighted by Gasteiger charge is -2.38. The molecule has 0 unspecified atom stereocenters. The van der Waals surface area contributed by atoms with Crippen molar-refractivity contribution in [3.8, 4) is 0 Å². The topological polar surface area (TPSA) is 29.9 Å². The molecule has 1 aliphatic carbocycles. The third-order valence-corrected chi connectivity index (χ3v) is 5.14. The molecule has 114 valence electrons. The molecule has 0 atom stereocenters. The van der Waals surface area contributed by atoms with Gasteiger partial charge < -0.3 is 5.32 Å². The summed E-state index contributed by atoms with van der Waals surface area (Å²) < 4.78 is 1.98. The maximum atomic E-state index is 6.45. The van der Waals surface area contributed by atoms with Crippen LogP contribution < -0.4 is 5.32 Å². The average molecular weight is 298 g/mol. The summed E-state index contributed by atoms with van der Waals surface area (Å²) in [6.45, 7) is 6.44. The van der Waals surface area contributed by atoms with E-state index in [9.17, 15) is 0 Å². The van der Waals surface area contributed by atoms with E-state index in [2.05, 4.69) is 17.3 Å². The fraction of sp³-hybridized carbons (Fsp3) is 0.812. The predicted octanol–water partition coefficient (Wildman–Crippen LogP) is 3.87. The molecule has 0 radical (unpaired) electrons. The number of aromatic nitrogens is 2. The summed E-state index contributed by atoms with van der Waals surface area (Å²) in [6, 6.07) is 0. The fourth-order valence-corrected chi connectivity index (χ4v) is 3.70. The van der Waals surface area contributed by atoms with E-state index in [0.29, 0.717) is 5.41 Å². The number of nitrogens with zero attached hydrogens (tertiary/aromatic N) is 2. The lowest BCUT2D eigenvalue weighted by molar-refractivity contribution is 0.177. The van der Waals surface area contributed by atoms with Gasteiger partial charge in [-0.25, -0.2) is 0 Å². The molecule has 1 aromatic rings. The summed E-state index contributed by atoms with van der Waals surface area (Å²) >= 11 is 6.45. The Morgan fingerprint density at radius 1 is 1.30 bits per heavy atom. The van der Waals surface area contributed by atoms with Crippen molar-refractivity contribution in [2.45, 2.75) is 58.8 Å². The van der Waals surface area contributed by atoms with Gasteiger partial charge in [-0.2, -0.15) is 5.10 Å². The van der Waals surface area contributed by atoms with Gasteiger partial charge in [-0.05, 0) is 44.6 Å². The third kappa shape index (κ3) is 3.56. The van der Waals surface area contributed by atoms with Crippen molar-refractivity contribution >= 4 is 11.6 Å². The maximum Gasteiger partial charge on any atom is 0.0847 e. The molecule has 0 bridgehead atoms. The highest BCUT2D eigenvalue weighted by Crippen LogP contribution is 2.40. The van der Waals surface area contributed by atoms with Gasteiger partial charge in [0, 0.05) is 13.6 Å². The predicted molar refractivity (Wildman–Crippen MR) is 85.3 cm³/mol. The van der Waals surface area contributed by atoms with Crippen molar-refractivity contribution in [1.82, 2.24) is 15.1 Å². The monoisotopic (exact) mass is 297 g/mol. The first-order chi connectivity index (χ1) is 9.58. The van der Waals surface area contributed by atoms with Crippen LogP contribution in [0.25, 0.3) is 0 Å². The third-order valence-electron chi connectivity index (χ3n) is 4.65. The Hall–Kier alpha value is -0.540. The summed E-state index contributed by atoms with van der Waals surface area (Å²) in [5, 5.41) is 8.98. The highest BCUT2D eigenvalue weighted by atomic mass is 35.5. The van der Waals surface area contributed by atoms with Crippen molar-refractivity contribution < 1.29 is 0 Å². The van der Waals surface area contributed by atoms with E-state index in [4.69, 9.17) is 11.6 Å². The van der Waals surface area contributed by atoms with Gasteiger partial charge in [0.25, 0.3) is 0 Å². The molecule has 1 heterocycles. The van der Waals surface area contributed by atoms with Gasteiger partial charge >= 0.3 is 0 Å². The first kappa shape index (κ1) is 15.8. The summed E-state index contributed by atoms with van der Waals surface area (Å²) in [6.07, 6.45) is 8.95. The number of halogens is 1. The number of hydrogen-bond acceptors (Lipinski definition) is 2. The van der Waals surface area contributed by atoms with Crippen LogP contribution in [-0.4, -0.2) is 22.9 Å². The molecule has 4 heteroatoms. The Morgan fingerprint density at radius 3 is 2.55 bits per heavy atom. The highest BCUT2D eigenvalue weighted by molar-refractivity contribution is 6.31. The van der Waals surface area contributed by atoms with Crippen molar-refractivity contribution in [1.29, 1.82) is 0 Å². The molecule has 1 saturated carbocycles. The van der Waals surface area contributed by atoms with E-state index in [1.54, 1.807) is 0 Å². The standard InChI is InChI=1S/C16H28ClN3/c1-4-10-18-12-16(8-6-5-7-9-16)11-14-15(17)13(2)19-20(14)3/h18H,4-12H2,1-3H3. The zero-order chi connectivity index (χ0) is 14.6. The van der Waals surface area contributed by atoms with Crippen LogP contribution in [-0.2, 0) is 13.5 Å². The molecular formula is C16H28ClN3. The molecule has 3 nitrogen and oxygen atoms in total. The molecule has 2 rings (SSSR count). The molecule has 1 N–H and O–H groups in total. The van der Waals surface area contributed by atoms with Crippen molar-refractivity contribution in [3.05, 3.63) is 16.4 Å². The number of aryl methyl sites for hydroxylation is 2. The summed E-state index contributed by atoms with van der Waals surface area (Å²) in [7, 11) is 2.02. The van der Waals surface area contributed by atoms with Gasteiger partial charge in [0.15, 0.2) is 0 Å². The normalized spacial score (nSPS) is 18.4. The lowest BCUT2D eigenvalue weighted by Crippen LogP contribution is -2.38. The second kappa shape index (κ2) is 6.95. The van der Waals surface area contributed by atoms with Gasteiger partial charge in [0.2, 0.25) is 0 Å². The van der Waals surface area contributed by atoms with Crippen molar-refractivity contribution in [3.63, 3.8) is 0 Å². The van der Waals surface area contributed by atoms with Crippen LogP contribution in [0.5, 0.6) is 0 Å². The average Bonchev–Trinajstić information content (AvgIpc) is 2.67. The zero-order valence-electron chi connectivity index (χ0n) is 13.1. The summed E-state index contributed by atoms with van der Waals surface area (Å²) in [5.41, 5.74) is 2.54. The number of rotatable bonds is 6. The summed E-state index contributed by atoms with van der Waals surface area (Å²) in [4.78, 5) is 0. The zero-order valence-corrected chi connectivity index (χ0v) is 13.9. The van der Waals surface area contributed by atoms with Gasteiger partial charge in [0.1, 0.15) is 0 Å². The minimum Gasteiger partial charge on any atom is -0.316 e. The smallest absolute Gasteiger partial charge is 0.0847 e. The van der Waals surface area contributed by atoms with Gasteiger partial charge in [-0.15, -0.1) is 0 Å². The second-order valence-electron chi connectivity index (χ2n) is 6.38. The largest absolute Gasteiger partial charge is 0.316 e. The lowest BCUT2D eigenvalue weighted by atomic mass is 9.71. The molecule has 0 spiro atoms. The van der Waals surface area contributed by atoms with Gasteiger partial charge in [-0.3, -0.25) is 4.68 Å². The van der Waals surface area contributed by atoms with Crippen molar-refractivity contribution in [2.24, 2.45) is 12.5 Å². The van der Waals surface area contributed by atoms with E-state index < -0.39 is 0 Å². The molecule has 20 heavy (non-hydrogen) atoms. The van der Waals surface area contributed by atoms with Crippen LogP contribution in [0.2, 0.25) is 5.02 Å². The van der Waals surface area contributed by atoms with Crippen LogP contribution in [0.3, 0.4) is 0 Å². The molecule has 1 fully saturated rings. The quantitative estimate of drug-likeness (QED) is 0.808. The molecule has 1 aromatic heterocycles. The van der Waals surface area contributed by atoms with Crippen molar-refractivity contribution in [2.75, 3.05) is 13.1 Å². The molecule has 0 aliphatic heterocycles. The first-order valence-corrected chi connectivity index (χ1v) is 8.34. The molecule has 1 aliphatic rings. The van der Waals surface area contributed by atoms with Crippen LogP contribution in [0, 0.1) is 12.3 Å². The molecule has 0 amide bonds. The van der Waals surface area contributed by atoms with Crippen LogP contribution >= 0.6 is 11.6 Å². The Balaban J connectivity index is 2.14. The molecule has 0 saturated heterocycles.